The van der Waals surface area contributed by atoms with Gasteiger partial charge in [0, 0.05) is 11.2 Å². The molecule has 0 rings (SSSR count). The molecule has 0 saturated heterocycles. The highest BCUT2D eigenvalue weighted by Crippen LogP contribution is 2.40. The molecule has 0 fully saturated rings. The lowest BCUT2D eigenvalue weighted by Gasteiger charge is -2.48. The molecule has 1 N–H and O–H groups in total. The zero-order valence-corrected chi connectivity index (χ0v) is 14.9. The summed E-state index contributed by atoms with van der Waals surface area (Å²) in [7, 11) is 0. The molecule has 2 unspecified atom stereocenters. The second kappa shape index (κ2) is 6.33. The fourth-order valence-corrected chi connectivity index (χ4v) is 2.64. The molecule has 0 aliphatic heterocycles. The molecule has 0 aromatic rings. The molecule has 19 heavy (non-hydrogen) atoms. The lowest BCUT2D eigenvalue weighted by Crippen LogP contribution is -2.54. The van der Waals surface area contributed by atoms with Gasteiger partial charge in [-0.3, -0.25) is 0 Å². The van der Waals surface area contributed by atoms with Gasteiger partial charge in [-0.1, -0.05) is 68.4 Å². The highest BCUT2D eigenvalue weighted by molar-refractivity contribution is 5.07. The van der Waals surface area contributed by atoms with Crippen molar-refractivity contribution in [3.63, 3.8) is 0 Å². The van der Waals surface area contributed by atoms with Gasteiger partial charge in [0.2, 0.25) is 0 Å². The van der Waals surface area contributed by atoms with Crippen LogP contribution in [0.15, 0.2) is 12.3 Å². The molecule has 0 aromatic carbocycles. The summed E-state index contributed by atoms with van der Waals surface area (Å²) in [6.45, 7) is 25.1. The predicted octanol–water partition coefficient (Wildman–Crippen LogP) is 5.77. The molecule has 0 amide bonds. The van der Waals surface area contributed by atoms with Crippen molar-refractivity contribution in [2.24, 2.45) is 16.7 Å². The van der Waals surface area contributed by atoms with Crippen LogP contribution in [-0.4, -0.2) is 5.54 Å². The molecule has 0 spiro atoms. The van der Waals surface area contributed by atoms with E-state index in [-0.39, 0.29) is 11.0 Å². The summed E-state index contributed by atoms with van der Waals surface area (Å²) in [4.78, 5) is 0. The average Bonchev–Trinajstić information content (AvgIpc) is 2.12. The first kappa shape index (κ1) is 18.5. The van der Waals surface area contributed by atoms with Gasteiger partial charge in [0.25, 0.3) is 0 Å². The number of nitrogens with one attached hydrogen (secondary N) is 1. The summed E-state index contributed by atoms with van der Waals surface area (Å²) in [5.74, 6) is 0.548. The van der Waals surface area contributed by atoms with Gasteiger partial charge in [0.1, 0.15) is 0 Å². The Morgan fingerprint density at radius 2 is 1.53 bits per heavy atom. The molecule has 0 heterocycles. The van der Waals surface area contributed by atoms with Crippen molar-refractivity contribution in [1.29, 1.82) is 0 Å². The van der Waals surface area contributed by atoms with Crippen molar-refractivity contribution >= 4 is 0 Å². The maximum atomic E-state index is 4.29. The summed E-state index contributed by atoms with van der Waals surface area (Å²) in [5, 5.41) is 3.78. The van der Waals surface area contributed by atoms with Gasteiger partial charge in [-0.05, 0) is 36.5 Å². The van der Waals surface area contributed by atoms with Crippen LogP contribution in [-0.2, 0) is 0 Å². The van der Waals surface area contributed by atoms with E-state index >= 15 is 0 Å². The van der Waals surface area contributed by atoms with Crippen molar-refractivity contribution < 1.29 is 0 Å². The first-order chi connectivity index (χ1) is 8.32. The van der Waals surface area contributed by atoms with Crippen LogP contribution >= 0.6 is 0 Å². The minimum absolute atomic E-state index is 0.0737. The molecule has 2 atom stereocenters. The molecular weight excluding hydrogens is 230 g/mol. The smallest absolute Gasteiger partial charge is 0.0395 e. The Hall–Kier alpha value is -0.460. The number of hydrogen-bond acceptors (Lipinski definition) is 1. The van der Waals surface area contributed by atoms with Gasteiger partial charge >= 0.3 is 0 Å². The summed E-state index contributed by atoms with van der Waals surface area (Å²) in [6.07, 6.45) is 3.57. The highest BCUT2D eigenvalue weighted by Gasteiger charge is 2.40. The topological polar surface area (TPSA) is 12.0 Å². The summed E-state index contributed by atoms with van der Waals surface area (Å²) < 4.78 is 0. The van der Waals surface area contributed by atoms with Gasteiger partial charge in [-0.25, -0.2) is 0 Å². The van der Waals surface area contributed by atoms with Crippen molar-refractivity contribution in [2.75, 3.05) is 0 Å². The zero-order valence-electron chi connectivity index (χ0n) is 14.9. The second-order valence-corrected chi connectivity index (χ2v) is 8.66. The number of rotatable bonds is 6. The van der Waals surface area contributed by atoms with Crippen LogP contribution in [0.2, 0.25) is 0 Å². The Kier molecular flexibility index (Phi) is 6.17. The molecule has 0 radical (unpaired) electrons. The first-order valence-corrected chi connectivity index (χ1v) is 7.79. The van der Waals surface area contributed by atoms with E-state index in [1.165, 1.54) is 18.5 Å². The van der Waals surface area contributed by atoms with Crippen molar-refractivity contribution in [1.82, 2.24) is 5.32 Å². The van der Waals surface area contributed by atoms with Gasteiger partial charge < -0.3 is 5.32 Å². The van der Waals surface area contributed by atoms with Crippen LogP contribution in [0.1, 0.15) is 81.6 Å². The Labute approximate surface area is 122 Å². The molecule has 0 aromatic heterocycles. The fraction of sp³-hybridized carbons (Fsp3) is 0.889. The quantitative estimate of drug-likeness (QED) is 0.644. The van der Waals surface area contributed by atoms with Gasteiger partial charge in [-0.2, -0.15) is 0 Å². The lowest BCUT2D eigenvalue weighted by atomic mass is 9.67. The Bertz CT molecular complexity index is 290. The van der Waals surface area contributed by atoms with Crippen LogP contribution in [0, 0.1) is 16.7 Å². The summed E-state index contributed by atoms with van der Waals surface area (Å²) in [6, 6.07) is 0. The van der Waals surface area contributed by atoms with Gasteiger partial charge in [-0.15, -0.1) is 0 Å². The van der Waals surface area contributed by atoms with E-state index in [0.29, 0.717) is 11.3 Å². The largest absolute Gasteiger partial charge is 0.383 e. The van der Waals surface area contributed by atoms with Crippen LogP contribution in [0.25, 0.3) is 0 Å². The maximum Gasteiger partial charge on any atom is 0.0395 e. The molecule has 1 nitrogen and oxygen atoms in total. The third-order valence-corrected chi connectivity index (χ3v) is 4.29. The monoisotopic (exact) mass is 267 g/mol. The first-order valence-electron chi connectivity index (χ1n) is 7.79. The molecule has 1 heteroatoms. The Morgan fingerprint density at radius 1 is 1.05 bits per heavy atom. The summed E-state index contributed by atoms with van der Waals surface area (Å²) >= 11 is 0. The third kappa shape index (κ3) is 6.01. The van der Waals surface area contributed by atoms with Crippen LogP contribution in [0.5, 0.6) is 0 Å². The van der Waals surface area contributed by atoms with Crippen molar-refractivity contribution in [2.45, 2.75) is 87.1 Å². The normalized spacial score (nSPS) is 17.7. The van der Waals surface area contributed by atoms with Crippen LogP contribution < -0.4 is 5.32 Å². The molecular formula is C18H37N. The Balaban J connectivity index is 5.04. The average molecular weight is 268 g/mol. The maximum absolute atomic E-state index is 4.29. The van der Waals surface area contributed by atoms with E-state index in [9.17, 15) is 0 Å². The van der Waals surface area contributed by atoms with Gasteiger partial charge in [0.05, 0.1) is 0 Å². The lowest BCUT2D eigenvalue weighted by molar-refractivity contribution is 0.107. The fourth-order valence-electron chi connectivity index (χ4n) is 2.64. The van der Waals surface area contributed by atoms with E-state index in [0.717, 1.165) is 6.42 Å². The van der Waals surface area contributed by atoms with Crippen molar-refractivity contribution in [3.05, 3.63) is 12.3 Å². The minimum Gasteiger partial charge on any atom is -0.383 e. The predicted molar refractivity (Wildman–Crippen MR) is 88.3 cm³/mol. The van der Waals surface area contributed by atoms with E-state index in [1.54, 1.807) is 0 Å². The Morgan fingerprint density at radius 3 is 1.84 bits per heavy atom. The van der Waals surface area contributed by atoms with Gasteiger partial charge in [0.15, 0.2) is 0 Å². The molecule has 0 aliphatic carbocycles. The van der Waals surface area contributed by atoms with E-state index in [1.807, 2.05) is 0 Å². The SMILES string of the molecule is C=C(NC(C)(CC(C)(C)C)C(C)(C)C)C(C)CCC. The standard InChI is InChI=1S/C18H37N/c1-11-12-14(2)15(3)19-18(10,17(7,8)9)13-16(4,5)6/h14,19H,3,11-13H2,1-2,4-10H3. The molecule has 114 valence electrons. The number of hydrogen-bond donors (Lipinski definition) is 1. The zero-order chi connectivity index (χ0) is 15.5. The minimum atomic E-state index is 0.0737. The van der Waals surface area contributed by atoms with E-state index in [2.05, 4.69) is 74.2 Å². The molecule has 0 aliphatic rings. The van der Waals surface area contributed by atoms with Crippen molar-refractivity contribution in [3.8, 4) is 0 Å². The van der Waals surface area contributed by atoms with E-state index in [4.69, 9.17) is 0 Å². The highest BCUT2D eigenvalue weighted by atomic mass is 15.0. The molecule has 0 bridgehead atoms. The van der Waals surface area contributed by atoms with Crippen LogP contribution in [0.4, 0.5) is 0 Å². The molecule has 0 saturated carbocycles. The van der Waals surface area contributed by atoms with Crippen LogP contribution in [0.3, 0.4) is 0 Å². The summed E-state index contributed by atoms with van der Waals surface area (Å²) in [5.41, 5.74) is 1.78. The van der Waals surface area contributed by atoms with E-state index < -0.39 is 0 Å². The third-order valence-electron chi connectivity index (χ3n) is 4.29. The second-order valence-electron chi connectivity index (χ2n) is 8.66. The number of allylic oxidation sites excluding steroid dienone is 1.